The average molecular weight is 444 g/mol. The molecule has 2 N–H and O–H groups in total. The summed E-state index contributed by atoms with van der Waals surface area (Å²) in [5, 5.41) is 7.11. The Balaban J connectivity index is 1.33. The second-order valence-electron chi connectivity index (χ2n) is 8.99. The van der Waals surface area contributed by atoms with Gasteiger partial charge in [-0.2, -0.15) is 0 Å². The van der Waals surface area contributed by atoms with Gasteiger partial charge in [-0.1, -0.05) is 49.2 Å². The lowest BCUT2D eigenvalue weighted by molar-refractivity contribution is 0.253. The van der Waals surface area contributed by atoms with Gasteiger partial charge < -0.3 is 10.6 Å². The second kappa shape index (κ2) is 13.2. The summed E-state index contributed by atoms with van der Waals surface area (Å²) in [6.07, 6.45) is 8.05. The summed E-state index contributed by atoms with van der Waals surface area (Å²) >= 11 is 0. The molecule has 4 rings (SSSR count). The van der Waals surface area contributed by atoms with E-state index in [0.717, 1.165) is 57.9 Å². The van der Waals surface area contributed by atoms with Crippen molar-refractivity contribution in [3.63, 3.8) is 0 Å². The van der Waals surface area contributed by atoms with Gasteiger partial charge in [0.05, 0.1) is 11.4 Å². The Kier molecular flexibility index (Phi) is 9.41. The van der Waals surface area contributed by atoms with Crippen molar-refractivity contribution in [2.75, 3.05) is 19.6 Å². The minimum atomic E-state index is 0.787. The first-order chi connectivity index (χ1) is 16.3. The Labute approximate surface area is 198 Å². The lowest BCUT2D eigenvalue weighted by atomic mass is 10.1. The van der Waals surface area contributed by atoms with Crippen molar-refractivity contribution in [3.05, 3.63) is 95.1 Å². The molecule has 3 aromatic rings. The van der Waals surface area contributed by atoms with E-state index < -0.39 is 0 Å². The van der Waals surface area contributed by atoms with Crippen LogP contribution in [0.3, 0.4) is 0 Å². The molecule has 33 heavy (non-hydrogen) atoms. The highest BCUT2D eigenvalue weighted by Crippen LogP contribution is 2.13. The van der Waals surface area contributed by atoms with Crippen LogP contribution in [0, 0.1) is 0 Å². The third-order valence-corrected chi connectivity index (χ3v) is 6.18. The van der Waals surface area contributed by atoms with Crippen LogP contribution in [-0.4, -0.2) is 34.5 Å². The predicted octanol–water partition coefficient (Wildman–Crippen LogP) is 4.47. The van der Waals surface area contributed by atoms with Crippen LogP contribution in [0.15, 0.2) is 66.9 Å². The summed E-state index contributed by atoms with van der Waals surface area (Å²) in [6.45, 7) is 6.64. The van der Waals surface area contributed by atoms with Crippen molar-refractivity contribution in [1.29, 1.82) is 0 Å². The largest absolute Gasteiger partial charge is 0.315 e. The number of fused-ring (bicyclic) bond motifs is 2. The van der Waals surface area contributed by atoms with Crippen LogP contribution in [0.5, 0.6) is 0 Å². The molecule has 0 radical (unpaired) electrons. The highest BCUT2D eigenvalue weighted by atomic mass is 15.1. The Morgan fingerprint density at radius 1 is 0.788 bits per heavy atom. The van der Waals surface area contributed by atoms with Crippen LogP contribution in [-0.2, 0) is 32.6 Å². The van der Waals surface area contributed by atoms with E-state index in [-0.39, 0.29) is 0 Å². The molecular weight excluding hydrogens is 406 g/mol. The van der Waals surface area contributed by atoms with Gasteiger partial charge in [0.1, 0.15) is 0 Å². The average Bonchev–Trinajstić information content (AvgIpc) is 2.84. The third-order valence-electron chi connectivity index (χ3n) is 6.18. The second-order valence-corrected chi connectivity index (χ2v) is 8.99. The molecule has 0 saturated heterocycles. The molecule has 5 nitrogen and oxygen atoms in total. The fraction of sp³-hybridized carbons (Fsp3) is 0.429. The zero-order valence-corrected chi connectivity index (χ0v) is 19.7. The molecule has 1 aliphatic rings. The minimum absolute atomic E-state index is 0.787. The number of nitrogens with one attached hydrogen (secondary N) is 2. The number of aromatic nitrogens is 2. The van der Waals surface area contributed by atoms with E-state index in [1.54, 1.807) is 0 Å². The lowest BCUT2D eigenvalue weighted by Gasteiger charge is -2.23. The summed E-state index contributed by atoms with van der Waals surface area (Å²) in [5.41, 5.74) is 6.14. The fourth-order valence-electron chi connectivity index (χ4n) is 4.33. The first-order valence-corrected chi connectivity index (χ1v) is 12.4. The number of pyridine rings is 2. The molecule has 3 heterocycles. The van der Waals surface area contributed by atoms with Crippen LogP contribution in [0.1, 0.15) is 53.9 Å². The Morgan fingerprint density at radius 2 is 1.64 bits per heavy atom. The maximum Gasteiger partial charge on any atom is 0.0547 e. The molecule has 2 bridgehead atoms. The number of benzene rings is 1. The van der Waals surface area contributed by atoms with Gasteiger partial charge in [-0.25, -0.2) is 0 Å². The topological polar surface area (TPSA) is 53.1 Å². The van der Waals surface area contributed by atoms with Gasteiger partial charge in [0.25, 0.3) is 0 Å². The van der Waals surface area contributed by atoms with E-state index in [4.69, 9.17) is 4.98 Å². The first kappa shape index (κ1) is 23.6. The normalized spacial score (nSPS) is 16.2. The van der Waals surface area contributed by atoms with Crippen LogP contribution in [0.25, 0.3) is 0 Å². The number of aryl methyl sites for hydroxylation is 1. The molecule has 1 aliphatic heterocycles. The van der Waals surface area contributed by atoms with E-state index >= 15 is 0 Å². The molecule has 174 valence electrons. The van der Waals surface area contributed by atoms with Gasteiger partial charge >= 0.3 is 0 Å². The van der Waals surface area contributed by atoms with Crippen LogP contribution < -0.4 is 10.6 Å². The molecule has 0 saturated carbocycles. The third kappa shape index (κ3) is 8.35. The van der Waals surface area contributed by atoms with E-state index in [1.165, 1.54) is 48.2 Å². The first-order valence-electron chi connectivity index (χ1n) is 12.4. The molecule has 1 aromatic carbocycles. The quantitative estimate of drug-likeness (QED) is 0.589. The Hall–Kier alpha value is -2.60. The van der Waals surface area contributed by atoms with E-state index in [0.29, 0.717) is 0 Å². The molecule has 0 unspecified atom stereocenters. The summed E-state index contributed by atoms with van der Waals surface area (Å²) in [5.74, 6) is 0. The molecule has 0 aliphatic carbocycles. The number of hydrogen-bond acceptors (Lipinski definition) is 5. The lowest BCUT2D eigenvalue weighted by Crippen LogP contribution is -2.32. The maximum absolute atomic E-state index is 4.95. The molecular formula is C28H37N5. The smallest absolute Gasteiger partial charge is 0.0547 e. The van der Waals surface area contributed by atoms with Gasteiger partial charge in [-0.05, 0) is 61.2 Å². The summed E-state index contributed by atoms with van der Waals surface area (Å²) in [4.78, 5) is 11.8. The molecule has 0 atom stereocenters. The van der Waals surface area contributed by atoms with Gasteiger partial charge in [-0.3, -0.25) is 14.9 Å². The highest BCUT2D eigenvalue weighted by Gasteiger charge is 2.10. The van der Waals surface area contributed by atoms with Crippen LogP contribution in [0.2, 0.25) is 0 Å². The van der Waals surface area contributed by atoms with Gasteiger partial charge in [0.2, 0.25) is 0 Å². The zero-order valence-electron chi connectivity index (χ0n) is 19.7. The number of rotatable bonds is 6. The summed E-state index contributed by atoms with van der Waals surface area (Å²) < 4.78 is 0. The standard InChI is InChI=1S/C28H37N5/c1-2-5-16-29-18-19-33(23-28-11-7-10-26(32-28)8-3-1)22-25-14-12-24(13-15-25)20-30-21-27-9-4-6-17-31-27/h4,6-7,9-15,17,29-30H,1-3,5,8,16,18-23H2. The Bertz CT molecular complexity index is 942. The monoisotopic (exact) mass is 443 g/mol. The van der Waals surface area contributed by atoms with Gasteiger partial charge in [0.15, 0.2) is 0 Å². The van der Waals surface area contributed by atoms with Crippen LogP contribution >= 0.6 is 0 Å². The molecule has 2 aromatic heterocycles. The number of nitrogens with zero attached hydrogens (tertiary/aromatic N) is 3. The van der Waals surface area contributed by atoms with Crippen molar-refractivity contribution in [2.45, 2.75) is 58.3 Å². The SMILES string of the molecule is c1ccc(CNCc2ccc(CN3CCNCCCCCCc4cccc(n4)C3)cc2)nc1. The van der Waals surface area contributed by atoms with Crippen molar-refractivity contribution < 1.29 is 0 Å². The molecule has 0 amide bonds. The maximum atomic E-state index is 4.95. The zero-order chi connectivity index (χ0) is 22.6. The highest BCUT2D eigenvalue weighted by molar-refractivity contribution is 5.23. The fourth-order valence-corrected chi connectivity index (χ4v) is 4.33. The van der Waals surface area contributed by atoms with Crippen molar-refractivity contribution >= 4 is 0 Å². The Morgan fingerprint density at radius 3 is 2.52 bits per heavy atom. The van der Waals surface area contributed by atoms with Gasteiger partial charge in [0, 0.05) is 51.2 Å². The number of hydrogen-bond donors (Lipinski definition) is 2. The molecule has 0 spiro atoms. The summed E-state index contributed by atoms with van der Waals surface area (Å²) in [7, 11) is 0. The van der Waals surface area contributed by atoms with Crippen LogP contribution in [0.4, 0.5) is 0 Å². The molecule has 0 fully saturated rings. The van der Waals surface area contributed by atoms with Crippen molar-refractivity contribution in [1.82, 2.24) is 25.5 Å². The van der Waals surface area contributed by atoms with Gasteiger partial charge in [-0.15, -0.1) is 0 Å². The van der Waals surface area contributed by atoms with Crippen molar-refractivity contribution in [2.24, 2.45) is 0 Å². The predicted molar refractivity (Wildman–Crippen MR) is 135 cm³/mol. The summed E-state index contributed by atoms with van der Waals surface area (Å²) in [6, 6.07) is 21.6. The molecule has 5 heteroatoms. The van der Waals surface area contributed by atoms with Crippen molar-refractivity contribution in [3.8, 4) is 0 Å². The van der Waals surface area contributed by atoms with E-state index in [9.17, 15) is 0 Å². The van der Waals surface area contributed by atoms with E-state index in [1.807, 2.05) is 18.3 Å². The minimum Gasteiger partial charge on any atom is -0.315 e. The van der Waals surface area contributed by atoms with E-state index in [2.05, 4.69) is 69.0 Å².